The van der Waals surface area contributed by atoms with Crippen LogP contribution in [0.1, 0.15) is 20.2 Å². The largest absolute Gasteiger partial charge is 0.113 e. The molecule has 1 aromatic rings. The second-order valence-corrected chi connectivity index (χ2v) is 6.22. The maximum Gasteiger partial charge on any atom is 0.113 e. The van der Waals surface area contributed by atoms with E-state index in [-0.39, 0.29) is 4.29 Å². The van der Waals surface area contributed by atoms with Gasteiger partial charge in [0.05, 0.1) is 0 Å². The van der Waals surface area contributed by atoms with Crippen molar-refractivity contribution < 1.29 is 0 Å². The molecular formula is C9H8Br3Cl. The van der Waals surface area contributed by atoms with E-state index in [0.29, 0.717) is 4.83 Å². The van der Waals surface area contributed by atoms with E-state index in [2.05, 4.69) is 59.9 Å². The lowest BCUT2D eigenvalue weighted by Gasteiger charge is -2.07. The second-order valence-electron chi connectivity index (χ2n) is 2.59. The minimum atomic E-state index is -0.0979. The number of rotatable bonds is 3. The van der Waals surface area contributed by atoms with Crippen LogP contribution >= 0.6 is 59.4 Å². The van der Waals surface area contributed by atoms with E-state index in [4.69, 9.17) is 11.6 Å². The Bertz CT molecular complexity index is 258. The first kappa shape index (κ1) is 12.0. The normalized spacial score (nSPS) is 15.4. The molecule has 0 aliphatic rings. The standard InChI is InChI=1S/C9H8Br3Cl/c10-5-8(11)6-1-3-7(4-2-6)9(12)13/h1-4,8-9H,5H2. The highest BCUT2D eigenvalue weighted by Crippen LogP contribution is 2.30. The third kappa shape index (κ3) is 3.54. The summed E-state index contributed by atoms with van der Waals surface area (Å²) in [6.45, 7) is 0. The topological polar surface area (TPSA) is 0 Å². The molecule has 0 amide bonds. The SMILES string of the molecule is ClC(Br)c1ccc(C(Br)CBr)cc1. The number of benzene rings is 1. The summed E-state index contributed by atoms with van der Waals surface area (Å²) in [4.78, 5) is 0.366. The fourth-order valence-electron chi connectivity index (χ4n) is 0.939. The molecule has 0 radical (unpaired) electrons. The van der Waals surface area contributed by atoms with Gasteiger partial charge >= 0.3 is 0 Å². The molecule has 0 nitrogen and oxygen atoms in total. The fourth-order valence-corrected chi connectivity index (χ4v) is 2.07. The first-order chi connectivity index (χ1) is 6.15. The number of hydrogen-bond acceptors (Lipinski definition) is 0. The summed E-state index contributed by atoms with van der Waals surface area (Å²) in [6.07, 6.45) is 0. The molecule has 0 saturated carbocycles. The molecule has 13 heavy (non-hydrogen) atoms. The summed E-state index contributed by atoms with van der Waals surface area (Å²) in [6, 6.07) is 8.20. The Morgan fingerprint density at radius 1 is 1.08 bits per heavy atom. The van der Waals surface area contributed by atoms with Gasteiger partial charge in [-0.2, -0.15) is 0 Å². The Labute approximate surface area is 108 Å². The van der Waals surface area contributed by atoms with Crippen molar-refractivity contribution in [3.8, 4) is 0 Å². The van der Waals surface area contributed by atoms with Crippen LogP contribution in [0.2, 0.25) is 0 Å². The highest BCUT2D eigenvalue weighted by molar-refractivity contribution is 9.12. The second kappa shape index (κ2) is 5.74. The molecule has 1 rings (SSSR count). The zero-order valence-electron chi connectivity index (χ0n) is 6.68. The van der Waals surface area contributed by atoms with Gasteiger partial charge in [-0.15, -0.1) is 11.6 Å². The predicted octanol–water partition coefficient (Wildman–Crippen LogP) is 5.15. The minimum absolute atomic E-state index is 0.0979. The van der Waals surface area contributed by atoms with Gasteiger partial charge in [-0.1, -0.05) is 72.1 Å². The van der Waals surface area contributed by atoms with Crippen molar-refractivity contribution in [2.45, 2.75) is 9.11 Å². The summed E-state index contributed by atoms with van der Waals surface area (Å²) in [5.41, 5.74) is 2.34. The molecular weight excluding hydrogens is 383 g/mol. The van der Waals surface area contributed by atoms with Gasteiger partial charge in [0, 0.05) is 10.2 Å². The van der Waals surface area contributed by atoms with E-state index in [9.17, 15) is 0 Å². The summed E-state index contributed by atoms with van der Waals surface area (Å²) in [5, 5.41) is 0.908. The highest BCUT2D eigenvalue weighted by atomic mass is 79.9. The van der Waals surface area contributed by atoms with Crippen LogP contribution in [0.15, 0.2) is 24.3 Å². The fraction of sp³-hybridized carbons (Fsp3) is 0.333. The van der Waals surface area contributed by atoms with Crippen molar-refractivity contribution in [2.24, 2.45) is 0 Å². The van der Waals surface area contributed by atoms with Crippen molar-refractivity contribution in [1.29, 1.82) is 0 Å². The predicted molar refractivity (Wildman–Crippen MR) is 69.4 cm³/mol. The van der Waals surface area contributed by atoms with Crippen LogP contribution in [-0.2, 0) is 0 Å². The number of alkyl halides is 4. The molecule has 4 heteroatoms. The van der Waals surface area contributed by atoms with Gasteiger partial charge in [0.1, 0.15) is 4.29 Å². The zero-order chi connectivity index (χ0) is 9.84. The maximum absolute atomic E-state index is 5.86. The van der Waals surface area contributed by atoms with E-state index in [1.54, 1.807) is 0 Å². The lowest BCUT2D eigenvalue weighted by Crippen LogP contribution is -1.91. The molecule has 0 spiro atoms. The molecule has 0 aliphatic heterocycles. The van der Waals surface area contributed by atoms with Crippen LogP contribution in [0, 0.1) is 0 Å². The Kier molecular flexibility index (Phi) is 5.31. The van der Waals surface area contributed by atoms with Crippen LogP contribution < -0.4 is 0 Å². The summed E-state index contributed by atoms with van der Waals surface area (Å²) < 4.78 is -0.0979. The number of hydrogen-bond donors (Lipinski definition) is 0. The minimum Gasteiger partial charge on any atom is -0.105 e. The molecule has 0 heterocycles. The molecule has 0 bridgehead atoms. The molecule has 2 atom stereocenters. The summed E-state index contributed by atoms with van der Waals surface area (Å²) in [5.74, 6) is 0. The van der Waals surface area contributed by atoms with Crippen LogP contribution in [0.25, 0.3) is 0 Å². The van der Waals surface area contributed by atoms with Crippen molar-refractivity contribution in [3.63, 3.8) is 0 Å². The molecule has 0 N–H and O–H groups in total. The van der Waals surface area contributed by atoms with E-state index in [1.807, 2.05) is 12.1 Å². The van der Waals surface area contributed by atoms with Gasteiger partial charge < -0.3 is 0 Å². The van der Waals surface area contributed by atoms with Crippen molar-refractivity contribution in [3.05, 3.63) is 35.4 Å². The maximum atomic E-state index is 5.86. The Morgan fingerprint density at radius 3 is 1.92 bits per heavy atom. The van der Waals surface area contributed by atoms with Gasteiger partial charge in [-0.05, 0) is 11.1 Å². The van der Waals surface area contributed by atoms with Crippen molar-refractivity contribution in [1.82, 2.24) is 0 Å². The molecule has 2 unspecified atom stereocenters. The van der Waals surface area contributed by atoms with E-state index < -0.39 is 0 Å². The van der Waals surface area contributed by atoms with Gasteiger partial charge in [0.15, 0.2) is 0 Å². The Hall–Kier alpha value is 0.950. The van der Waals surface area contributed by atoms with E-state index in [1.165, 1.54) is 5.56 Å². The number of halogens is 4. The van der Waals surface area contributed by atoms with Crippen molar-refractivity contribution >= 4 is 59.4 Å². The first-order valence-corrected chi connectivity index (χ1v) is 7.12. The smallest absolute Gasteiger partial charge is 0.105 e. The third-order valence-corrected chi connectivity index (χ3v) is 4.84. The highest BCUT2D eigenvalue weighted by Gasteiger charge is 2.06. The van der Waals surface area contributed by atoms with Crippen LogP contribution in [0.3, 0.4) is 0 Å². The quantitative estimate of drug-likeness (QED) is 0.626. The monoisotopic (exact) mass is 388 g/mol. The average molecular weight is 391 g/mol. The average Bonchev–Trinajstić information content (AvgIpc) is 2.17. The molecule has 72 valence electrons. The zero-order valence-corrected chi connectivity index (χ0v) is 12.2. The molecule has 0 saturated heterocycles. The summed E-state index contributed by atoms with van der Waals surface area (Å²) in [7, 11) is 0. The molecule has 1 aromatic carbocycles. The van der Waals surface area contributed by atoms with Gasteiger partial charge in [-0.25, -0.2) is 0 Å². The first-order valence-electron chi connectivity index (χ1n) is 3.73. The molecule has 0 aliphatic carbocycles. The Balaban J connectivity index is 2.81. The molecule has 0 aromatic heterocycles. The van der Waals surface area contributed by atoms with Gasteiger partial charge in [0.2, 0.25) is 0 Å². The van der Waals surface area contributed by atoms with Gasteiger partial charge in [0.25, 0.3) is 0 Å². The van der Waals surface area contributed by atoms with Crippen LogP contribution in [0.4, 0.5) is 0 Å². The molecule has 0 fully saturated rings. The lowest BCUT2D eigenvalue weighted by atomic mass is 10.1. The van der Waals surface area contributed by atoms with Gasteiger partial charge in [-0.3, -0.25) is 0 Å². The lowest BCUT2D eigenvalue weighted by molar-refractivity contribution is 1.14. The van der Waals surface area contributed by atoms with E-state index in [0.717, 1.165) is 10.9 Å². The summed E-state index contributed by atoms with van der Waals surface area (Å²) >= 11 is 16.1. The van der Waals surface area contributed by atoms with Crippen LogP contribution in [-0.4, -0.2) is 5.33 Å². The van der Waals surface area contributed by atoms with Crippen molar-refractivity contribution in [2.75, 3.05) is 5.33 Å². The van der Waals surface area contributed by atoms with Crippen LogP contribution in [0.5, 0.6) is 0 Å². The Morgan fingerprint density at radius 2 is 1.54 bits per heavy atom. The third-order valence-electron chi connectivity index (χ3n) is 1.69. The van der Waals surface area contributed by atoms with E-state index >= 15 is 0 Å².